The molecule has 70 valence electrons. The Morgan fingerprint density at radius 3 is 2.08 bits per heavy atom. The summed E-state index contributed by atoms with van der Waals surface area (Å²) in [5.41, 5.74) is 0.667. The Morgan fingerprint density at radius 2 is 1.67 bits per heavy atom. The van der Waals surface area contributed by atoms with Crippen LogP contribution in [0.3, 0.4) is 0 Å². The monoisotopic (exact) mass is 230 g/mol. The molecule has 12 heavy (non-hydrogen) atoms. The Labute approximate surface area is 80.9 Å². The minimum Gasteiger partial charge on any atom is -0.324 e. The second-order valence-corrected chi connectivity index (χ2v) is 3.95. The topological polar surface area (TPSA) is 57.5 Å². The Morgan fingerprint density at radius 1 is 1.17 bits per heavy atom. The molecule has 0 amide bonds. The van der Waals surface area contributed by atoms with Gasteiger partial charge in [0, 0.05) is 16.5 Å². The number of hydrogen-bond acceptors (Lipinski definition) is 1. The van der Waals surface area contributed by atoms with Crippen molar-refractivity contribution in [3.63, 3.8) is 0 Å². The van der Waals surface area contributed by atoms with Gasteiger partial charge in [0.1, 0.15) is 0 Å². The standard InChI is InChI=1S/C7H9O3P.Ni/c8-11(9,10)6-7-4-2-1-3-5-7;/h1-5H,6H2,(H2,8,9,10);. The van der Waals surface area contributed by atoms with Crippen molar-refractivity contribution in [2.45, 2.75) is 6.16 Å². The molecule has 3 nitrogen and oxygen atoms in total. The van der Waals surface area contributed by atoms with Gasteiger partial charge in [-0.05, 0) is 5.56 Å². The van der Waals surface area contributed by atoms with E-state index >= 15 is 0 Å². The average Bonchev–Trinajstić information content (AvgIpc) is 1.85. The maximum atomic E-state index is 10.5. The second-order valence-electron chi connectivity index (χ2n) is 2.31. The number of hydrogen-bond donors (Lipinski definition) is 2. The van der Waals surface area contributed by atoms with Crippen molar-refractivity contribution >= 4 is 7.60 Å². The predicted molar refractivity (Wildman–Crippen MR) is 42.2 cm³/mol. The van der Waals surface area contributed by atoms with Gasteiger partial charge in [-0.2, -0.15) is 0 Å². The molecule has 5 heteroatoms. The summed E-state index contributed by atoms with van der Waals surface area (Å²) in [5, 5.41) is 0. The first-order chi connectivity index (χ1) is 5.08. The predicted octanol–water partition coefficient (Wildman–Crippen LogP) is 1.36. The van der Waals surface area contributed by atoms with Crippen LogP contribution in [-0.4, -0.2) is 9.79 Å². The van der Waals surface area contributed by atoms with Crippen LogP contribution in [0.5, 0.6) is 0 Å². The van der Waals surface area contributed by atoms with E-state index in [0.717, 1.165) is 0 Å². The molecule has 0 saturated carbocycles. The average molecular weight is 231 g/mol. The van der Waals surface area contributed by atoms with E-state index in [-0.39, 0.29) is 22.7 Å². The summed E-state index contributed by atoms with van der Waals surface area (Å²) in [7, 11) is -3.89. The molecule has 0 heterocycles. The van der Waals surface area contributed by atoms with Crippen LogP contribution in [-0.2, 0) is 27.2 Å². The molecule has 0 atom stereocenters. The summed E-state index contributed by atoms with van der Waals surface area (Å²) in [6.45, 7) is 0. The van der Waals surface area contributed by atoms with Crippen molar-refractivity contribution < 1.29 is 30.8 Å². The van der Waals surface area contributed by atoms with Gasteiger partial charge in [-0.1, -0.05) is 30.3 Å². The van der Waals surface area contributed by atoms with Crippen LogP contribution >= 0.6 is 7.60 Å². The van der Waals surface area contributed by atoms with Crippen molar-refractivity contribution in [3.8, 4) is 0 Å². The van der Waals surface area contributed by atoms with Gasteiger partial charge in [0.05, 0.1) is 6.16 Å². The molecule has 1 aromatic rings. The molecule has 0 aromatic heterocycles. The summed E-state index contributed by atoms with van der Waals surface area (Å²) < 4.78 is 10.5. The van der Waals surface area contributed by atoms with Crippen molar-refractivity contribution in [3.05, 3.63) is 35.9 Å². The SMILES string of the molecule is O=P(O)(O)Cc1ccccc1.[Ni]. The zero-order valence-corrected chi connectivity index (χ0v) is 8.04. The van der Waals surface area contributed by atoms with Crippen LogP contribution in [0.25, 0.3) is 0 Å². The normalized spacial score (nSPS) is 10.5. The van der Waals surface area contributed by atoms with Gasteiger partial charge in [-0.15, -0.1) is 0 Å². The molecule has 0 radical (unpaired) electrons. The first-order valence-corrected chi connectivity index (χ1v) is 4.96. The Kier molecular flexibility index (Phi) is 4.73. The van der Waals surface area contributed by atoms with E-state index < -0.39 is 7.60 Å². The minimum absolute atomic E-state index is 0. The fourth-order valence-corrected chi connectivity index (χ4v) is 1.51. The fraction of sp³-hybridized carbons (Fsp3) is 0.143. The Balaban J connectivity index is 0.00000121. The second kappa shape index (κ2) is 4.78. The Bertz CT molecular complexity index is 269. The third-order valence-corrected chi connectivity index (χ3v) is 2.01. The van der Waals surface area contributed by atoms with Gasteiger partial charge >= 0.3 is 7.60 Å². The van der Waals surface area contributed by atoms with Crippen LogP contribution in [0.15, 0.2) is 30.3 Å². The van der Waals surface area contributed by atoms with Gasteiger partial charge < -0.3 is 9.79 Å². The summed E-state index contributed by atoms with van der Waals surface area (Å²) in [6.07, 6.45) is -0.173. The molecular formula is C7H9NiO3P. The zero-order valence-electron chi connectivity index (χ0n) is 6.16. The van der Waals surface area contributed by atoms with Crippen molar-refractivity contribution in [2.75, 3.05) is 0 Å². The summed E-state index contributed by atoms with van der Waals surface area (Å²) in [6, 6.07) is 8.71. The third-order valence-electron chi connectivity index (χ3n) is 1.23. The van der Waals surface area contributed by atoms with E-state index in [9.17, 15) is 4.57 Å². The first-order valence-electron chi connectivity index (χ1n) is 3.16. The van der Waals surface area contributed by atoms with Crippen LogP contribution in [0.2, 0.25) is 0 Å². The number of benzene rings is 1. The summed E-state index contributed by atoms with van der Waals surface area (Å²) in [4.78, 5) is 17.2. The first kappa shape index (κ1) is 11.9. The van der Waals surface area contributed by atoms with Gasteiger partial charge in [0.2, 0.25) is 0 Å². The third kappa shape index (κ3) is 4.68. The van der Waals surface area contributed by atoms with E-state index in [1.165, 1.54) is 0 Å². The molecule has 1 aromatic carbocycles. The van der Waals surface area contributed by atoms with Gasteiger partial charge in [-0.25, -0.2) is 0 Å². The zero-order chi connectivity index (χ0) is 8.32. The smallest absolute Gasteiger partial charge is 0.324 e. The maximum Gasteiger partial charge on any atom is 0.329 e. The Hall–Kier alpha value is -0.136. The molecule has 0 aliphatic heterocycles. The van der Waals surface area contributed by atoms with Gasteiger partial charge in [0.15, 0.2) is 0 Å². The maximum absolute atomic E-state index is 10.5. The van der Waals surface area contributed by atoms with E-state index in [1.807, 2.05) is 6.07 Å². The molecule has 2 N–H and O–H groups in total. The summed E-state index contributed by atoms with van der Waals surface area (Å²) >= 11 is 0. The molecule has 0 saturated heterocycles. The fourth-order valence-electron chi connectivity index (χ4n) is 0.821. The molecule has 0 aliphatic carbocycles. The molecule has 0 spiro atoms. The van der Waals surface area contributed by atoms with Gasteiger partial charge in [-0.3, -0.25) is 4.57 Å². The van der Waals surface area contributed by atoms with E-state index in [1.54, 1.807) is 24.3 Å². The molecule has 0 bridgehead atoms. The largest absolute Gasteiger partial charge is 0.329 e. The molecule has 0 aliphatic rings. The van der Waals surface area contributed by atoms with Crippen LogP contribution < -0.4 is 0 Å². The van der Waals surface area contributed by atoms with E-state index in [4.69, 9.17) is 9.79 Å². The van der Waals surface area contributed by atoms with Crippen molar-refractivity contribution in [1.29, 1.82) is 0 Å². The number of rotatable bonds is 2. The van der Waals surface area contributed by atoms with Gasteiger partial charge in [0.25, 0.3) is 0 Å². The van der Waals surface area contributed by atoms with Crippen molar-refractivity contribution in [2.24, 2.45) is 0 Å². The van der Waals surface area contributed by atoms with Crippen LogP contribution in [0.1, 0.15) is 5.56 Å². The minimum atomic E-state index is -3.89. The molecule has 0 unspecified atom stereocenters. The van der Waals surface area contributed by atoms with E-state index in [0.29, 0.717) is 5.56 Å². The quantitative estimate of drug-likeness (QED) is 0.596. The molecular weight excluding hydrogens is 222 g/mol. The molecule has 1 rings (SSSR count). The van der Waals surface area contributed by atoms with Crippen LogP contribution in [0, 0.1) is 0 Å². The van der Waals surface area contributed by atoms with Crippen LogP contribution in [0.4, 0.5) is 0 Å². The van der Waals surface area contributed by atoms with Crippen molar-refractivity contribution in [1.82, 2.24) is 0 Å². The summed E-state index contributed by atoms with van der Waals surface area (Å²) in [5.74, 6) is 0. The van der Waals surface area contributed by atoms with E-state index in [2.05, 4.69) is 0 Å². The molecule has 0 fully saturated rings.